The van der Waals surface area contributed by atoms with E-state index in [2.05, 4.69) is 0 Å². The maximum Gasteiger partial charge on any atom is 0.333 e. The molecule has 1 aliphatic heterocycles. The fourth-order valence-corrected chi connectivity index (χ4v) is 1.65. The first kappa shape index (κ1) is 15.3. The normalized spacial score (nSPS) is 20.3. The van der Waals surface area contributed by atoms with E-state index < -0.39 is 16.5 Å². The quantitative estimate of drug-likeness (QED) is 0.622. The largest absolute Gasteiger partial charge is 0.333 e. The highest BCUT2D eigenvalue weighted by atomic mass is 31.1. The van der Waals surface area contributed by atoms with Crippen molar-refractivity contribution in [3.8, 4) is 0 Å². The van der Waals surface area contributed by atoms with Crippen LogP contribution in [-0.2, 0) is 13.8 Å². The lowest BCUT2D eigenvalue weighted by molar-refractivity contribution is -0.0566. The third kappa shape index (κ3) is 12.2. The maximum absolute atomic E-state index is 10.3. The molecule has 0 aliphatic carbocycles. The molecule has 1 unspecified atom stereocenters. The summed E-state index contributed by atoms with van der Waals surface area (Å²) in [6.45, 7) is 1.58. The van der Waals surface area contributed by atoms with Gasteiger partial charge in [0.1, 0.15) is 0 Å². The van der Waals surface area contributed by atoms with Crippen LogP contribution in [0.4, 0.5) is 0 Å². The predicted octanol–water partition coefficient (Wildman–Crippen LogP) is 0.537. The topological polar surface area (TPSA) is 107 Å². The Morgan fingerprint density at radius 2 is 1.33 bits per heavy atom. The summed E-state index contributed by atoms with van der Waals surface area (Å²) in [5, 5.41) is 1.61. The van der Waals surface area contributed by atoms with Crippen LogP contribution in [0.5, 0.6) is 0 Å². The van der Waals surface area contributed by atoms with Crippen molar-refractivity contribution >= 4 is 16.5 Å². The molecule has 1 rings (SSSR count). The highest BCUT2D eigenvalue weighted by molar-refractivity contribution is 7.32. The first-order valence-corrected chi connectivity index (χ1v) is 7.16. The van der Waals surface area contributed by atoms with Gasteiger partial charge in [0.25, 0.3) is 0 Å². The molecule has 0 aromatic rings. The van der Waals surface area contributed by atoms with Crippen LogP contribution in [0.15, 0.2) is 0 Å². The summed E-state index contributed by atoms with van der Waals surface area (Å²) in [6.07, 6.45) is 4.53. The van der Waals surface area contributed by atoms with Crippen molar-refractivity contribution in [2.24, 2.45) is 0 Å². The Morgan fingerprint density at radius 3 is 1.67 bits per heavy atom. The lowest BCUT2D eigenvalue weighted by atomic mass is 10.2. The highest BCUT2D eigenvalue weighted by Gasteiger charge is 2.10. The van der Waals surface area contributed by atoms with Crippen LogP contribution < -0.4 is 0 Å². The average Bonchev–Trinajstić information content (AvgIpc) is 2.30. The van der Waals surface area contributed by atoms with Crippen LogP contribution in [-0.4, -0.2) is 32.8 Å². The van der Waals surface area contributed by atoms with E-state index in [0.29, 0.717) is 0 Å². The third-order valence-corrected chi connectivity index (χ3v) is 2.19. The van der Waals surface area contributed by atoms with Gasteiger partial charge in [0, 0.05) is 13.1 Å². The van der Waals surface area contributed by atoms with E-state index in [0.717, 1.165) is 25.9 Å². The Balaban J connectivity index is 0.000000423. The molecule has 7 nitrogen and oxygen atoms in total. The van der Waals surface area contributed by atoms with Crippen LogP contribution in [0, 0.1) is 0 Å². The molecular weight excluding hydrogens is 244 g/mol. The molecule has 1 fully saturated rings. The second-order valence-electron chi connectivity index (χ2n) is 2.98. The third-order valence-electron chi connectivity index (χ3n) is 1.77. The fraction of sp³-hybridized carbons (Fsp3) is 1.00. The van der Waals surface area contributed by atoms with Gasteiger partial charge in [0.2, 0.25) is 0 Å². The highest BCUT2D eigenvalue weighted by Crippen LogP contribution is 2.20. The Morgan fingerprint density at radius 1 is 0.933 bits per heavy atom. The zero-order valence-corrected chi connectivity index (χ0v) is 10.3. The summed E-state index contributed by atoms with van der Waals surface area (Å²) in [4.78, 5) is 22.8. The van der Waals surface area contributed by atoms with E-state index in [1.807, 2.05) is 0 Å². The van der Waals surface area contributed by atoms with E-state index in [-0.39, 0.29) is 0 Å². The Bertz CT molecular complexity index is 202. The minimum atomic E-state index is -3.13. The number of nitrogens with zero attached hydrogens (tertiary/aromatic N) is 1. The SMILES string of the molecule is O=[PH](O)O.O=[PH](O)ON1CCCCCC1. The van der Waals surface area contributed by atoms with Gasteiger partial charge in [0.15, 0.2) is 0 Å². The van der Waals surface area contributed by atoms with Crippen molar-refractivity contribution in [3.63, 3.8) is 0 Å². The Kier molecular flexibility index (Phi) is 9.65. The lowest BCUT2D eigenvalue weighted by Gasteiger charge is -2.16. The lowest BCUT2D eigenvalue weighted by Crippen LogP contribution is -2.21. The average molecular weight is 261 g/mol. The summed E-state index contributed by atoms with van der Waals surface area (Å²) in [5.74, 6) is 0. The second kappa shape index (κ2) is 9.48. The minimum absolute atomic E-state index is 0.789. The summed E-state index contributed by atoms with van der Waals surface area (Å²) in [7, 11) is -5.90. The Labute approximate surface area is 89.5 Å². The molecule has 1 heterocycles. The molecule has 0 radical (unpaired) electrons. The van der Waals surface area contributed by atoms with Crippen LogP contribution in [0.3, 0.4) is 0 Å². The van der Waals surface area contributed by atoms with Gasteiger partial charge in [-0.3, -0.25) is 9.13 Å². The molecule has 0 aromatic heterocycles. The van der Waals surface area contributed by atoms with Gasteiger partial charge in [0.05, 0.1) is 0 Å². The van der Waals surface area contributed by atoms with Gasteiger partial charge >= 0.3 is 16.5 Å². The molecular formula is C6H17NO6P2. The van der Waals surface area contributed by atoms with Crippen molar-refractivity contribution in [1.82, 2.24) is 5.06 Å². The molecule has 0 spiro atoms. The maximum atomic E-state index is 10.3. The first-order chi connectivity index (χ1) is 7.02. The molecule has 15 heavy (non-hydrogen) atoms. The van der Waals surface area contributed by atoms with Crippen LogP contribution in [0.25, 0.3) is 0 Å². The second-order valence-corrected chi connectivity index (χ2v) is 4.26. The molecule has 92 valence electrons. The summed E-state index contributed by atoms with van der Waals surface area (Å²) in [5.41, 5.74) is 0. The smallest absolute Gasteiger partial charge is 0.326 e. The monoisotopic (exact) mass is 261 g/mol. The van der Waals surface area contributed by atoms with Crippen LogP contribution in [0.1, 0.15) is 25.7 Å². The van der Waals surface area contributed by atoms with Crippen molar-refractivity contribution in [2.75, 3.05) is 13.1 Å². The zero-order chi connectivity index (χ0) is 11.7. The van der Waals surface area contributed by atoms with Crippen molar-refractivity contribution < 1.29 is 28.4 Å². The van der Waals surface area contributed by atoms with Crippen LogP contribution >= 0.6 is 16.5 Å². The van der Waals surface area contributed by atoms with E-state index in [9.17, 15) is 4.57 Å². The number of hydrogen-bond donors (Lipinski definition) is 3. The van der Waals surface area contributed by atoms with Crippen molar-refractivity contribution in [2.45, 2.75) is 25.7 Å². The van der Waals surface area contributed by atoms with Gasteiger partial charge in [-0.1, -0.05) is 12.8 Å². The molecule has 0 amide bonds. The summed E-state index contributed by atoms with van der Waals surface area (Å²) in [6, 6.07) is 0. The van der Waals surface area contributed by atoms with Gasteiger partial charge in [-0.2, -0.15) is 5.06 Å². The summed E-state index contributed by atoms with van der Waals surface area (Å²) < 4.78 is 23.7. The van der Waals surface area contributed by atoms with E-state index in [4.69, 9.17) is 23.9 Å². The zero-order valence-electron chi connectivity index (χ0n) is 8.26. The Hall–Kier alpha value is 0.260. The minimum Gasteiger partial charge on any atom is -0.326 e. The molecule has 3 N–H and O–H groups in total. The molecule has 9 heteroatoms. The van der Waals surface area contributed by atoms with E-state index in [1.54, 1.807) is 5.06 Å². The number of hydroxylamine groups is 2. The van der Waals surface area contributed by atoms with Gasteiger partial charge in [-0.25, -0.2) is 4.62 Å². The van der Waals surface area contributed by atoms with Crippen molar-refractivity contribution in [3.05, 3.63) is 0 Å². The molecule has 1 atom stereocenters. The number of rotatable bonds is 2. The molecule has 1 saturated heterocycles. The molecule has 0 bridgehead atoms. The first-order valence-electron chi connectivity index (χ1n) is 4.60. The van der Waals surface area contributed by atoms with Gasteiger partial charge in [-0.15, -0.1) is 0 Å². The van der Waals surface area contributed by atoms with E-state index in [1.165, 1.54) is 12.8 Å². The fourth-order valence-electron chi connectivity index (χ4n) is 1.24. The molecule has 0 saturated carbocycles. The van der Waals surface area contributed by atoms with E-state index >= 15 is 0 Å². The number of hydrogen-bond acceptors (Lipinski definition) is 4. The van der Waals surface area contributed by atoms with Gasteiger partial charge in [-0.05, 0) is 12.8 Å². The molecule has 1 aliphatic rings. The van der Waals surface area contributed by atoms with Crippen LogP contribution in [0.2, 0.25) is 0 Å². The van der Waals surface area contributed by atoms with Crippen molar-refractivity contribution in [1.29, 1.82) is 0 Å². The summed E-state index contributed by atoms with van der Waals surface area (Å²) >= 11 is 0. The molecule has 0 aromatic carbocycles. The predicted molar refractivity (Wildman–Crippen MR) is 55.8 cm³/mol. The van der Waals surface area contributed by atoms with Gasteiger partial charge < -0.3 is 14.7 Å². The standard InChI is InChI=1S/C6H14NO3P.H3O3P/c8-11(9)10-7-5-3-1-2-4-6-7;1-4(2)3/h11H,1-6H2,(H,8,9);4H,(H2,1,2,3).